The van der Waals surface area contributed by atoms with E-state index in [0.717, 1.165) is 16.3 Å². The molecular formula is C21H17ClN2S. The first-order valence-corrected chi connectivity index (χ1v) is 9.25. The van der Waals surface area contributed by atoms with Gasteiger partial charge in [-0.3, -0.25) is 4.99 Å². The van der Waals surface area contributed by atoms with E-state index in [-0.39, 0.29) is 0 Å². The molecule has 0 saturated carbocycles. The monoisotopic (exact) mass is 364 g/mol. The Balaban J connectivity index is 1.65. The molecule has 2 nitrogen and oxygen atoms in total. The molecule has 0 fully saturated rings. The zero-order chi connectivity index (χ0) is 17.4. The lowest BCUT2D eigenvalue weighted by atomic mass is 10.2. The quantitative estimate of drug-likeness (QED) is 0.474. The van der Waals surface area contributed by atoms with Crippen molar-refractivity contribution in [3.8, 4) is 0 Å². The van der Waals surface area contributed by atoms with E-state index in [1.54, 1.807) is 11.8 Å². The summed E-state index contributed by atoms with van der Waals surface area (Å²) in [6.45, 7) is 2.09. The van der Waals surface area contributed by atoms with Crippen molar-refractivity contribution >= 4 is 46.6 Å². The first-order valence-electron chi connectivity index (χ1n) is 8.06. The van der Waals surface area contributed by atoms with E-state index < -0.39 is 0 Å². The fraction of sp³-hybridized carbons (Fsp3) is 0.0952. The molecule has 1 aliphatic rings. The second kappa shape index (κ2) is 6.58. The molecule has 25 heavy (non-hydrogen) atoms. The van der Waals surface area contributed by atoms with E-state index in [4.69, 9.17) is 11.6 Å². The summed E-state index contributed by atoms with van der Waals surface area (Å²) in [7, 11) is 2.08. The van der Waals surface area contributed by atoms with Crippen LogP contribution in [0.2, 0.25) is 5.02 Å². The zero-order valence-electron chi connectivity index (χ0n) is 14.0. The number of aliphatic imine (C=N–C) groups is 1. The molecule has 0 spiro atoms. The van der Waals surface area contributed by atoms with Crippen LogP contribution >= 0.6 is 23.4 Å². The minimum Gasteiger partial charge on any atom is -0.343 e. The number of anilines is 2. The number of benzene rings is 3. The van der Waals surface area contributed by atoms with Crippen LogP contribution in [0, 0.1) is 6.92 Å². The Labute approximate surface area is 157 Å². The average Bonchev–Trinajstić information content (AvgIpc) is 2.61. The van der Waals surface area contributed by atoms with Gasteiger partial charge in [0.15, 0.2) is 0 Å². The first-order chi connectivity index (χ1) is 12.1. The lowest BCUT2D eigenvalue weighted by Gasteiger charge is -2.29. The van der Waals surface area contributed by atoms with Crippen molar-refractivity contribution < 1.29 is 0 Å². The molecule has 0 atom stereocenters. The molecule has 0 aliphatic carbocycles. The van der Waals surface area contributed by atoms with Gasteiger partial charge in [-0.25, -0.2) is 0 Å². The van der Waals surface area contributed by atoms with Crippen molar-refractivity contribution in [1.82, 2.24) is 0 Å². The Bertz CT molecular complexity index is 964. The van der Waals surface area contributed by atoms with Gasteiger partial charge in [0.05, 0.1) is 17.1 Å². The summed E-state index contributed by atoms with van der Waals surface area (Å²) < 4.78 is 0. The summed E-state index contributed by atoms with van der Waals surface area (Å²) in [5.41, 5.74) is 5.67. The lowest BCUT2D eigenvalue weighted by molar-refractivity contribution is 1.11. The first kappa shape index (κ1) is 16.2. The lowest BCUT2D eigenvalue weighted by Crippen LogP contribution is -2.14. The molecule has 0 radical (unpaired) electrons. The van der Waals surface area contributed by atoms with Gasteiger partial charge in [0.2, 0.25) is 0 Å². The summed E-state index contributed by atoms with van der Waals surface area (Å²) >= 11 is 7.89. The molecule has 3 aromatic rings. The van der Waals surface area contributed by atoms with Crippen molar-refractivity contribution in [3.63, 3.8) is 0 Å². The SMILES string of the molecule is Cc1ccc(C=Nc2ccc3c(c2)Sc2cc(Cl)ccc2N3C)cc1. The molecule has 0 unspecified atom stereocenters. The van der Waals surface area contributed by atoms with Crippen LogP contribution in [-0.2, 0) is 0 Å². The summed E-state index contributed by atoms with van der Waals surface area (Å²) in [5.74, 6) is 0. The number of nitrogens with zero attached hydrogens (tertiary/aromatic N) is 2. The number of hydrogen-bond acceptors (Lipinski definition) is 3. The molecule has 4 heteroatoms. The highest BCUT2D eigenvalue weighted by Crippen LogP contribution is 2.49. The van der Waals surface area contributed by atoms with Gasteiger partial charge >= 0.3 is 0 Å². The molecule has 0 bridgehead atoms. The molecule has 0 aromatic heterocycles. The molecule has 1 aliphatic heterocycles. The van der Waals surface area contributed by atoms with Gasteiger partial charge in [0.1, 0.15) is 0 Å². The Morgan fingerprint density at radius 2 is 1.60 bits per heavy atom. The fourth-order valence-electron chi connectivity index (χ4n) is 2.84. The Hall–Kier alpha value is -2.23. The Morgan fingerprint density at radius 3 is 2.36 bits per heavy atom. The second-order valence-electron chi connectivity index (χ2n) is 6.09. The van der Waals surface area contributed by atoms with Crippen molar-refractivity contribution in [2.75, 3.05) is 11.9 Å². The van der Waals surface area contributed by atoms with Gasteiger partial charge < -0.3 is 4.90 Å². The molecule has 0 N–H and O–H groups in total. The van der Waals surface area contributed by atoms with E-state index in [0.29, 0.717) is 0 Å². The number of halogens is 1. The van der Waals surface area contributed by atoms with Crippen LogP contribution in [0.1, 0.15) is 11.1 Å². The van der Waals surface area contributed by atoms with Crippen LogP contribution in [0.25, 0.3) is 0 Å². The molecule has 4 rings (SSSR count). The maximum absolute atomic E-state index is 6.16. The minimum atomic E-state index is 0.761. The topological polar surface area (TPSA) is 15.6 Å². The third-order valence-electron chi connectivity index (χ3n) is 4.25. The number of fused-ring (bicyclic) bond motifs is 2. The van der Waals surface area contributed by atoms with Gasteiger partial charge in [-0.15, -0.1) is 0 Å². The van der Waals surface area contributed by atoms with E-state index in [1.165, 1.54) is 26.7 Å². The molecule has 124 valence electrons. The minimum absolute atomic E-state index is 0.761. The van der Waals surface area contributed by atoms with Crippen LogP contribution in [-0.4, -0.2) is 13.3 Å². The van der Waals surface area contributed by atoms with Crippen LogP contribution in [0.3, 0.4) is 0 Å². The molecular weight excluding hydrogens is 348 g/mol. The molecule has 0 amide bonds. The highest BCUT2D eigenvalue weighted by Gasteiger charge is 2.21. The molecule has 3 aromatic carbocycles. The molecule has 0 saturated heterocycles. The summed E-state index contributed by atoms with van der Waals surface area (Å²) in [6.07, 6.45) is 1.91. The molecule has 1 heterocycles. The largest absolute Gasteiger partial charge is 0.343 e. The predicted octanol–water partition coefficient (Wildman–Crippen LogP) is 6.63. The average molecular weight is 365 g/mol. The summed E-state index contributed by atoms with van der Waals surface area (Å²) in [4.78, 5) is 9.19. The predicted molar refractivity (Wildman–Crippen MR) is 109 cm³/mol. The number of rotatable bonds is 2. The third kappa shape index (κ3) is 3.30. The van der Waals surface area contributed by atoms with Crippen molar-refractivity contribution in [3.05, 3.63) is 76.8 Å². The highest BCUT2D eigenvalue weighted by molar-refractivity contribution is 7.99. The normalized spacial score (nSPS) is 13.0. The smallest absolute Gasteiger partial charge is 0.0642 e. The van der Waals surface area contributed by atoms with E-state index >= 15 is 0 Å². The third-order valence-corrected chi connectivity index (χ3v) is 5.58. The number of hydrogen-bond donors (Lipinski definition) is 0. The van der Waals surface area contributed by atoms with Gasteiger partial charge in [-0.2, -0.15) is 0 Å². The van der Waals surface area contributed by atoms with Crippen molar-refractivity contribution in [2.24, 2.45) is 4.99 Å². The van der Waals surface area contributed by atoms with Crippen LogP contribution in [0.4, 0.5) is 17.1 Å². The maximum Gasteiger partial charge on any atom is 0.0642 e. The fourth-order valence-corrected chi connectivity index (χ4v) is 4.30. The highest BCUT2D eigenvalue weighted by atomic mass is 35.5. The number of aryl methyl sites for hydroxylation is 1. The maximum atomic E-state index is 6.16. The van der Waals surface area contributed by atoms with E-state index in [2.05, 4.69) is 72.4 Å². The Kier molecular flexibility index (Phi) is 4.28. The second-order valence-corrected chi connectivity index (χ2v) is 7.61. The van der Waals surface area contributed by atoms with Gasteiger partial charge in [-0.1, -0.05) is 53.2 Å². The standard InChI is InChI=1S/C21H17ClN2S/c1-14-3-5-15(6-4-14)13-23-17-8-10-19-21(12-17)25-20-11-16(22)7-9-18(20)24(19)2/h3-13H,1-2H3. The van der Waals surface area contributed by atoms with Crippen LogP contribution in [0.5, 0.6) is 0 Å². The van der Waals surface area contributed by atoms with Crippen molar-refractivity contribution in [2.45, 2.75) is 16.7 Å². The summed E-state index contributed by atoms with van der Waals surface area (Å²) in [5, 5.41) is 0.761. The summed E-state index contributed by atoms with van der Waals surface area (Å²) in [6, 6.07) is 20.7. The van der Waals surface area contributed by atoms with E-state index in [1.807, 2.05) is 18.3 Å². The van der Waals surface area contributed by atoms with Gasteiger partial charge in [0, 0.05) is 28.1 Å². The van der Waals surface area contributed by atoms with Crippen LogP contribution < -0.4 is 4.90 Å². The van der Waals surface area contributed by atoms with Gasteiger partial charge in [-0.05, 0) is 48.9 Å². The van der Waals surface area contributed by atoms with E-state index in [9.17, 15) is 0 Å². The van der Waals surface area contributed by atoms with Crippen LogP contribution in [0.15, 0.2) is 75.4 Å². The van der Waals surface area contributed by atoms with Gasteiger partial charge in [0.25, 0.3) is 0 Å². The Morgan fingerprint density at radius 1 is 0.920 bits per heavy atom. The zero-order valence-corrected chi connectivity index (χ0v) is 15.6. The van der Waals surface area contributed by atoms with Crippen molar-refractivity contribution in [1.29, 1.82) is 0 Å².